The Balaban J connectivity index is 2.96. The van der Waals surface area contributed by atoms with Crippen molar-refractivity contribution in [3.8, 4) is 0 Å². The predicted octanol–water partition coefficient (Wildman–Crippen LogP) is 0.819. The maximum atomic E-state index is 11.5. The van der Waals surface area contributed by atoms with Gasteiger partial charge in [-0.1, -0.05) is 19.1 Å². The minimum atomic E-state index is -1.70. The Morgan fingerprint density at radius 3 is 2.75 bits per heavy atom. The molecule has 0 saturated heterocycles. The van der Waals surface area contributed by atoms with Gasteiger partial charge in [0.25, 0.3) is 0 Å². The van der Waals surface area contributed by atoms with Crippen LogP contribution in [0.2, 0.25) is 0 Å². The van der Waals surface area contributed by atoms with Crippen molar-refractivity contribution in [2.45, 2.75) is 19.6 Å². The van der Waals surface area contributed by atoms with Crippen molar-refractivity contribution >= 4 is 11.7 Å². The van der Waals surface area contributed by atoms with E-state index >= 15 is 0 Å². The summed E-state index contributed by atoms with van der Waals surface area (Å²) in [5, 5.41) is 18.0. The average molecular weight is 225 g/mol. The molecule has 5 nitrogen and oxygen atoms in total. The molecule has 16 heavy (non-hydrogen) atoms. The lowest BCUT2D eigenvalue weighted by Crippen LogP contribution is -2.11. The van der Waals surface area contributed by atoms with Crippen LogP contribution in [0, 0.1) is 0 Å². The monoisotopic (exact) mass is 225 g/mol. The molecule has 0 radical (unpaired) electrons. The quantitative estimate of drug-likeness (QED) is 0.401. The zero-order valence-electron chi connectivity index (χ0n) is 9.01. The number of nitrogen functional groups attached to an aromatic ring is 1. The van der Waals surface area contributed by atoms with Gasteiger partial charge in [-0.2, -0.15) is 0 Å². The fraction of sp³-hybridized carbons (Fsp3) is 0.364. The SMILES string of the molecule is CCCOC(=O)c1cccc(C(O)O)c1N. The Morgan fingerprint density at radius 2 is 2.19 bits per heavy atom. The Kier molecular flexibility index (Phi) is 4.28. The first-order valence-electron chi connectivity index (χ1n) is 4.99. The summed E-state index contributed by atoms with van der Waals surface area (Å²) in [6, 6.07) is 4.45. The van der Waals surface area contributed by atoms with Gasteiger partial charge in [0.15, 0.2) is 6.29 Å². The number of para-hydroxylation sites is 1. The number of benzene rings is 1. The Hall–Kier alpha value is -1.59. The van der Waals surface area contributed by atoms with Crippen LogP contribution in [0.3, 0.4) is 0 Å². The van der Waals surface area contributed by atoms with Gasteiger partial charge in [-0.15, -0.1) is 0 Å². The third kappa shape index (κ3) is 2.71. The van der Waals surface area contributed by atoms with Gasteiger partial charge in [-0.05, 0) is 12.5 Å². The van der Waals surface area contributed by atoms with Crippen molar-refractivity contribution in [3.05, 3.63) is 29.3 Å². The van der Waals surface area contributed by atoms with Gasteiger partial charge < -0.3 is 20.7 Å². The summed E-state index contributed by atoms with van der Waals surface area (Å²) < 4.78 is 4.91. The molecule has 0 heterocycles. The largest absolute Gasteiger partial charge is 0.462 e. The molecule has 0 aliphatic heterocycles. The number of carbonyl (C=O) groups excluding carboxylic acids is 1. The molecular weight excluding hydrogens is 210 g/mol. The zero-order valence-corrected chi connectivity index (χ0v) is 9.01. The number of nitrogens with two attached hydrogens (primary N) is 1. The van der Waals surface area contributed by atoms with Gasteiger partial charge in [0.05, 0.1) is 17.9 Å². The second-order valence-electron chi connectivity index (χ2n) is 3.32. The molecular formula is C11H15NO4. The maximum Gasteiger partial charge on any atom is 0.340 e. The first-order chi connectivity index (χ1) is 7.57. The van der Waals surface area contributed by atoms with Crippen LogP contribution in [-0.2, 0) is 4.74 Å². The highest BCUT2D eigenvalue weighted by atomic mass is 16.5. The number of carbonyl (C=O) groups is 1. The average Bonchev–Trinajstić information content (AvgIpc) is 2.25. The van der Waals surface area contributed by atoms with Gasteiger partial charge in [0.1, 0.15) is 0 Å². The smallest absolute Gasteiger partial charge is 0.340 e. The van der Waals surface area contributed by atoms with E-state index in [4.69, 9.17) is 20.7 Å². The minimum absolute atomic E-state index is 0.0404. The molecule has 88 valence electrons. The van der Waals surface area contributed by atoms with Gasteiger partial charge in [-0.3, -0.25) is 0 Å². The van der Waals surface area contributed by atoms with E-state index in [0.29, 0.717) is 13.0 Å². The number of ether oxygens (including phenoxy) is 1. The van der Waals surface area contributed by atoms with Crippen LogP contribution in [0.5, 0.6) is 0 Å². The molecule has 0 aromatic heterocycles. The second-order valence-corrected chi connectivity index (χ2v) is 3.32. The predicted molar refractivity (Wildman–Crippen MR) is 58.6 cm³/mol. The normalized spacial score (nSPS) is 10.5. The third-order valence-electron chi connectivity index (χ3n) is 2.08. The highest BCUT2D eigenvalue weighted by Gasteiger charge is 2.16. The Labute approximate surface area is 93.5 Å². The molecule has 0 spiro atoms. The van der Waals surface area contributed by atoms with E-state index in [1.54, 1.807) is 0 Å². The molecule has 0 amide bonds. The number of esters is 1. The topological polar surface area (TPSA) is 92.8 Å². The van der Waals surface area contributed by atoms with E-state index in [9.17, 15) is 4.79 Å². The molecule has 0 saturated carbocycles. The van der Waals surface area contributed by atoms with Crippen molar-refractivity contribution in [2.75, 3.05) is 12.3 Å². The maximum absolute atomic E-state index is 11.5. The van der Waals surface area contributed by atoms with Crippen LogP contribution < -0.4 is 5.73 Å². The lowest BCUT2D eigenvalue weighted by molar-refractivity contribution is -0.0418. The summed E-state index contributed by atoms with van der Waals surface area (Å²) in [6.45, 7) is 2.19. The number of anilines is 1. The van der Waals surface area contributed by atoms with Crippen molar-refractivity contribution in [1.29, 1.82) is 0 Å². The number of hydrogen-bond acceptors (Lipinski definition) is 5. The van der Waals surface area contributed by atoms with E-state index in [-0.39, 0.29) is 16.8 Å². The van der Waals surface area contributed by atoms with E-state index in [2.05, 4.69) is 0 Å². The van der Waals surface area contributed by atoms with Crippen LogP contribution in [0.15, 0.2) is 18.2 Å². The van der Waals surface area contributed by atoms with Crippen molar-refractivity contribution in [2.24, 2.45) is 0 Å². The summed E-state index contributed by atoms with van der Waals surface area (Å²) in [5.41, 5.74) is 5.93. The van der Waals surface area contributed by atoms with Crippen LogP contribution in [0.4, 0.5) is 5.69 Å². The van der Waals surface area contributed by atoms with E-state index < -0.39 is 12.3 Å². The standard InChI is InChI=1S/C11H15NO4/c1-2-6-16-11(15)8-5-3-4-7(9(8)12)10(13)14/h3-5,10,13-14H,2,6,12H2,1H3. The third-order valence-corrected chi connectivity index (χ3v) is 2.08. The van der Waals surface area contributed by atoms with Crippen LogP contribution in [0.25, 0.3) is 0 Å². The van der Waals surface area contributed by atoms with E-state index in [0.717, 1.165) is 0 Å². The highest BCUT2D eigenvalue weighted by Crippen LogP contribution is 2.23. The van der Waals surface area contributed by atoms with E-state index in [1.165, 1.54) is 18.2 Å². The van der Waals surface area contributed by atoms with Crippen molar-refractivity contribution in [3.63, 3.8) is 0 Å². The van der Waals surface area contributed by atoms with Gasteiger partial charge in [-0.25, -0.2) is 4.79 Å². The summed E-state index contributed by atoms with van der Waals surface area (Å²) in [5.74, 6) is -0.554. The molecule has 0 aliphatic carbocycles. The fourth-order valence-corrected chi connectivity index (χ4v) is 1.26. The summed E-state index contributed by atoms with van der Waals surface area (Å²) in [6.07, 6.45) is -0.979. The minimum Gasteiger partial charge on any atom is -0.462 e. The first kappa shape index (κ1) is 12.5. The van der Waals surface area contributed by atoms with Crippen LogP contribution >= 0.6 is 0 Å². The molecule has 0 fully saturated rings. The molecule has 1 rings (SSSR count). The molecule has 1 aromatic rings. The van der Waals surface area contributed by atoms with Gasteiger partial charge in [0, 0.05) is 5.56 Å². The van der Waals surface area contributed by atoms with Gasteiger partial charge >= 0.3 is 5.97 Å². The number of rotatable bonds is 4. The first-order valence-corrected chi connectivity index (χ1v) is 4.99. The van der Waals surface area contributed by atoms with Crippen LogP contribution in [0.1, 0.15) is 35.6 Å². The lowest BCUT2D eigenvalue weighted by Gasteiger charge is -2.11. The summed E-state index contributed by atoms with van der Waals surface area (Å²) in [4.78, 5) is 11.5. The molecule has 1 aromatic carbocycles. The Bertz CT molecular complexity index is 376. The molecule has 0 bridgehead atoms. The Morgan fingerprint density at radius 1 is 1.50 bits per heavy atom. The lowest BCUT2D eigenvalue weighted by atomic mass is 10.1. The van der Waals surface area contributed by atoms with E-state index in [1.807, 2.05) is 6.92 Å². The number of hydrogen-bond donors (Lipinski definition) is 3. The number of aliphatic hydroxyl groups is 2. The zero-order chi connectivity index (χ0) is 12.1. The fourth-order valence-electron chi connectivity index (χ4n) is 1.26. The second kappa shape index (κ2) is 5.48. The summed E-state index contributed by atoms with van der Waals surface area (Å²) >= 11 is 0. The summed E-state index contributed by atoms with van der Waals surface area (Å²) in [7, 11) is 0. The number of aliphatic hydroxyl groups excluding tert-OH is 1. The van der Waals surface area contributed by atoms with Crippen molar-refractivity contribution in [1.82, 2.24) is 0 Å². The van der Waals surface area contributed by atoms with Crippen LogP contribution in [-0.4, -0.2) is 22.8 Å². The molecule has 0 aliphatic rings. The van der Waals surface area contributed by atoms with Crippen molar-refractivity contribution < 1.29 is 19.7 Å². The molecule has 5 heteroatoms. The molecule has 0 unspecified atom stereocenters. The highest BCUT2D eigenvalue weighted by molar-refractivity contribution is 5.95. The van der Waals surface area contributed by atoms with Gasteiger partial charge in [0.2, 0.25) is 0 Å². The molecule has 4 N–H and O–H groups in total. The molecule has 0 atom stereocenters.